The highest BCUT2D eigenvalue weighted by atomic mass is 32.2. The number of hydrogen-bond donors (Lipinski definition) is 2. The molecule has 1 aromatic carbocycles. The molecule has 0 bridgehead atoms. The third-order valence-electron chi connectivity index (χ3n) is 4.81. The summed E-state index contributed by atoms with van der Waals surface area (Å²) in [6.45, 7) is 4.14. The third-order valence-corrected chi connectivity index (χ3v) is 5.70. The summed E-state index contributed by atoms with van der Waals surface area (Å²) in [5, 5.41) is 2.72. The molecule has 0 heterocycles. The molecule has 0 aliphatic rings. The Morgan fingerprint density at radius 1 is 0.967 bits per heavy atom. The Kier molecular flexibility index (Phi) is 12.3. The number of para-hydroxylation sites is 1. The topological polar surface area (TPSA) is 110 Å². The van der Waals surface area contributed by atoms with Crippen molar-refractivity contribution >= 4 is 22.0 Å². The number of esters is 1. The lowest BCUT2D eigenvalue weighted by molar-refractivity contribution is -0.139. The number of carbonyl (C=O) groups is 2. The summed E-state index contributed by atoms with van der Waals surface area (Å²) in [5.74, 6) is -1.22. The zero-order chi connectivity index (χ0) is 22.4. The van der Waals surface area contributed by atoms with E-state index in [2.05, 4.69) is 12.2 Å². The first-order valence-electron chi connectivity index (χ1n) is 10.9. The Labute approximate surface area is 180 Å². The van der Waals surface area contributed by atoms with Crippen LogP contribution in [-0.4, -0.2) is 30.9 Å². The van der Waals surface area contributed by atoms with Crippen LogP contribution in [0.5, 0.6) is 5.75 Å². The van der Waals surface area contributed by atoms with Crippen molar-refractivity contribution in [3.05, 3.63) is 24.3 Å². The highest BCUT2D eigenvalue weighted by molar-refractivity contribution is 7.86. The van der Waals surface area contributed by atoms with Crippen LogP contribution in [0.25, 0.3) is 0 Å². The molecule has 30 heavy (non-hydrogen) atoms. The summed E-state index contributed by atoms with van der Waals surface area (Å²) in [7, 11) is -4.53. The van der Waals surface area contributed by atoms with Crippen molar-refractivity contribution in [1.29, 1.82) is 0 Å². The van der Waals surface area contributed by atoms with Crippen LogP contribution < -0.4 is 10.1 Å². The molecule has 0 aromatic heterocycles. The van der Waals surface area contributed by atoms with Gasteiger partial charge in [0.2, 0.25) is 5.91 Å². The summed E-state index contributed by atoms with van der Waals surface area (Å²) < 4.78 is 37.5. The minimum Gasteiger partial charge on any atom is -0.424 e. The SMILES string of the molecule is CCCCCCCCCC(=O)NC(CCCC)C(=O)Oc1ccccc1S(=O)(=O)O. The van der Waals surface area contributed by atoms with E-state index < -0.39 is 27.0 Å². The van der Waals surface area contributed by atoms with Crippen molar-refractivity contribution in [3.8, 4) is 5.75 Å². The molecule has 1 atom stereocenters. The molecular weight excluding hydrogens is 406 g/mol. The zero-order valence-corrected chi connectivity index (χ0v) is 18.9. The standard InChI is InChI=1S/C22H35NO6S/c1-3-5-7-8-9-10-11-17-21(24)23-18(14-6-4-2)22(25)29-19-15-12-13-16-20(19)30(26,27)28/h12-13,15-16,18H,3-11,14,17H2,1-2H3,(H,23,24)(H,26,27,28). The van der Waals surface area contributed by atoms with Gasteiger partial charge in [0.15, 0.2) is 5.75 Å². The molecule has 7 nitrogen and oxygen atoms in total. The number of carbonyl (C=O) groups excluding carboxylic acids is 2. The van der Waals surface area contributed by atoms with E-state index in [1.54, 1.807) is 0 Å². The van der Waals surface area contributed by atoms with Crippen LogP contribution in [0.1, 0.15) is 84.5 Å². The minimum absolute atomic E-state index is 0.218. The second kappa shape index (κ2) is 14.1. The first kappa shape index (κ1) is 26.1. The molecule has 1 amide bonds. The average molecular weight is 442 g/mol. The van der Waals surface area contributed by atoms with Gasteiger partial charge in [-0.3, -0.25) is 9.35 Å². The number of hydrogen-bond acceptors (Lipinski definition) is 5. The third kappa shape index (κ3) is 10.2. The summed E-state index contributed by atoms with van der Waals surface area (Å²) in [5.41, 5.74) is 0. The van der Waals surface area contributed by atoms with Gasteiger partial charge in [-0.1, -0.05) is 77.3 Å². The van der Waals surface area contributed by atoms with Gasteiger partial charge in [-0.25, -0.2) is 4.79 Å². The van der Waals surface area contributed by atoms with Crippen LogP contribution >= 0.6 is 0 Å². The van der Waals surface area contributed by atoms with E-state index in [-0.39, 0.29) is 11.7 Å². The lowest BCUT2D eigenvalue weighted by Gasteiger charge is -2.18. The molecule has 8 heteroatoms. The Morgan fingerprint density at radius 3 is 2.20 bits per heavy atom. The van der Waals surface area contributed by atoms with Gasteiger partial charge in [-0.15, -0.1) is 0 Å². The Bertz CT molecular complexity index is 763. The van der Waals surface area contributed by atoms with Crippen molar-refractivity contribution in [1.82, 2.24) is 5.32 Å². The quantitative estimate of drug-likeness (QED) is 0.177. The molecule has 1 aromatic rings. The van der Waals surface area contributed by atoms with Crippen LogP contribution in [0, 0.1) is 0 Å². The van der Waals surface area contributed by atoms with Gasteiger partial charge in [0, 0.05) is 6.42 Å². The molecule has 0 spiro atoms. The first-order chi connectivity index (χ1) is 14.3. The molecule has 0 fully saturated rings. The summed E-state index contributed by atoms with van der Waals surface area (Å²) in [6.07, 6.45) is 9.94. The van der Waals surface area contributed by atoms with Gasteiger partial charge in [0.05, 0.1) is 0 Å². The largest absolute Gasteiger partial charge is 0.424 e. The van der Waals surface area contributed by atoms with Crippen molar-refractivity contribution in [2.24, 2.45) is 0 Å². The Hall–Kier alpha value is -1.93. The van der Waals surface area contributed by atoms with Crippen LogP contribution in [-0.2, 0) is 19.7 Å². The second-order valence-corrected chi connectivity index (χ2v) is 8.87. The van der Waals surface area contributed by atoms with Gasteiger partial charge in [0.1, 0.15) is 10.9 Å². The average Bonchev–Trinajstić information content (AvgIpc) is 2.70. The molecule has 0 radical (unpaired) electrons. The smallest absolute Gasteiger partial charge is 0.334 e. The number of ether oxygens (including phenoxy) is 1. The predicted octanol–water partition coefficient (Wildman–Crippen LogP) is 4.65. The molecule has 0 aliphatic carbocycles. The molecule has 2 N–H and O–H groups in total. The van der Waals surface area contributed by atoms with Crippen molar-refractivity contribution < 1.29 is 27.3 Å². The van der Waals surface area contributed by atoms with Crippen LogP contribution in [0.2, 0.25) is 0 Å². The normalized spacial score (nSPS) is 12.4. The molecule has 170 valence electrons. The highest BCUT2D eigenvalue weighted by Crippen LogP contribution is 2.23. The van der Waals surface area contributed by atoms with Crippen molar-refractivity contribution in [3.63, 3.8) is 0 Å². The summed E-state index contributed by atoms with van der Waals surface area (Å²) in [4.78, 5) is 24.4. The Balaban J connectivity index is 2.62. The van der Waals surface area contributed by atoms with Gasteiger partial charge < -0.3 is 10.1 Å². The number of amides is 1. The van der Waals surface area contributed by atoms with Gasteiger partial charge in [-0.2, -0.15) is 8.42 Å². The predicted molar refractivity (Wildman–Crippen MR) is 116 cm³/mol. The van der Waals surface area contributed by atoms with Crippen molar-refractivity contribution in [2.45, 2.75) is 95.4 Å². The Morgan fingerprint density at radius 2 is 1.57 bits per heavy atom. The van der Waals surface area contributed by atoms with Gasteiger partial charge in [-0.05, 0) is 25.0 Å². The fourth-order valence-corrected chi connectivity index (χ4v) is 3.71. The number of unbranched alkanes of at least 4 members (excludes halogenated alkanes) is 7. The van der Waals surface area contributed by atoms with E-state index in [1.807, 2.05) is 6.92 Å². The lowest BCUT2D eigenvalue weighted by Crippen LogP contribution is -2.43. The number of rotatable bonds is 15. The number of nitrogens with one attached hydrogen (secondary N) is 1. The lowest BCUT2D eigenvalue weighted by atomic mass is 10.1. The number of benzene rings is 1. The fraction of sp³-hybridized carbons (Fsp3) is 0.636. The van der Waals surface area contributed by atoms with Crippen LogP contribution in [0.4, 0.5) is 0 Å². The monoisotopic (exact) mass is 441 g/mol. The summed E-state index contributed by atoms with van der Waals surface area (Å²) in [6, 6.07) is 4.49. The molecule has 0 aliphatic heterocycles. The maximum atomic E-state index is 12.6. The summed E-state index contributed by atoms with van der Waals surface area (Å²) >= 11 is 0. The van der Waals surface area contributed by atoms with E-state index in [1.165, 1.54) is 43.9 Å². The second-order valence-electron chi connectivity index (χ2n) is 7.48. The molecule has 0 saturated heterocycles. The molecular formula is C22H35NO6S. The molecule has 1 rings (SSSR count). The first-order valence-corrected chi connectivity index (χ1v) is 12.3. The van der Waals surface area contributed by atoms with Crippen LogP contribution in [0.15, 0.2) is 29.2 Å². The van der Waals surface area contributed by atoms with E-state index in [9.17, 15) is 22.6 Å². The maximum absolute atomic E-state index is 12.6. The van der Waals surface area contributed by atoms with E-state index in [4.69, 9.17) is 4.74 Å². The van der Waals surface area contributed by atoms with Crippen molar-refractivity contribution in [2.75, 3.05) is 0 Å². The molecule has 0 saturated carbocycles. The fourth-order valence-electron chi connectivity index (χ4n) is 3.09. The zero-order valence-electron chi connectivity index (χ0n) is 18.1. The maximum Gasteiger partial charge on any atom is 0.334 e. The minimum atomic E-state index is -4.53. The van der Waals surface area contributed by atoms with Gasteiger partial charge >= 0.3 is 5.97 Å². The molecule has 1 unspecified atom stereocenters. The van der Waals surface area contributed by atoms with E-state index >= 15 is 0 Å². The van der Waals surface area contributed by atoms with E-state index in [0.29, 0.717) is 19.3 Å². The van der Waals surface area contributed by atoms with E-state index in [0.717, 1.165) is 31.7 Å². The van der Waals surface area contributed by atoms with Gasteiger partial charge in [0.25, 0.3) is 10.1 Å². The van der Waals surface area contributed by atoms with Crippen LogP contribution in [0.3, 0.4) is 0 Å². The highest BCUT2D eigenvalue weighted by Gasteiger charge is 2.25.